The molecule has 6 heteroatoms. The van der Waals surface area contributed by atoms with Gasteiger partial charge in [0.2, 0.25) is 11.8 Å². The Hall–Kier alpha value is -1.75. The minimum absolute atomic E-state index is 0.0606. The highest BCUT2D eigenvalue weighted by atomic mass is 35.5. The summed E-state index contributed by atoms with van der Waals surface area (Å²) < 4.78 is 5.77. The van der Waals surface area contributed by atoms with Gasteiger partial charge in [-0.05, 0) is 43.4 Å². The van der Waals surface area contributed by atoms with Crippen molar-refractivity contribution in [2.75, 3.05) is 38.7 Å². The van der Waals surface area contributed by atoms with Gasteiger partial charge in [0, 0.05) is 38.5 Å². The van der Waals surface area contributed by atoms with Gasteiger partial charge in [-0.15, -0.1) is 11.6 Å². The van der Waals surface area contributed by atoms with Crippen LogP contribution in [0.5, 0.6) is 5.75 Å². The molecule has 29 heavy (non-hydrogen) atoms. The van der Waals surface area contributed by atoms with Crippen LogP contribution in [-0.4, -0.2) is 60.3 Å². The molecule has 2 amide bonds. The second-order valence-corrected chi connectivity index (χ2v) is 9.68. The number of halogens is 1. The van der Waals surface area contributed by atoms with Crippen LogP contribution in [0, 0.1) is 5.41 Å². The number of hydrogen-bond acceptors (Lipinski definition) is 3. The Bertz CT molecular complexity index is 687. The van der Waals surface area contributed by atoms with Crippen molar-refractivity contribution in [3.63, 3.8) is 0 Å². The molecule has 1 fully saturated rings. The number of benzene rings is 1. The van der Waals surface area contributed by atoms with Crippen LogP contribution >= 0.6 is 11.6 Å². The van der Waals surface area contributed by atoms with E-state index in [-0.39, 0.29) is 17.2 Å². The first-order valence-electron chi connectivity index (χ1n) is 10.4. The number of carbonyl (C=O) groups is 2. The topological polar surface area (TPSA) is 49.9 Å². The molecule has 5 nitrogen and oxygen atoms in total. The number of nitrogens with zero attached hydrogens (tertiary/aromatic N) is 2. The van der Waals surface area contributed by atoms with Gasteiger partial charge in [-0.2, -0.15) is 0 Å². The van der Waals surface area contributed by atoms with Gasteiger partial charge in [0.25, 0.3) is 0 Å². The maximum absolute atomic E-state index is 12.5. The molecule has 0 radical (unpaired) electrons. The number of hydrogen-bond donors (Lipinski definition) is 0. The summed E-state index contributed by atoms with van der Waals surface area (Å²) in [6.45, 7) is 13.1. The predicted octanol–water partition coefficient (Wildman–Crippen LogP) is 4.08. The van der Waals surface area contributed by atoms with Crippen molar-refractivity contribution in [2.24, 2.45) is 5.41 Å². The average Bonchev–Trinajstić information content (AvgIpc) is 2.70. The summed E-state index contributed by atoms with van der Waals surface area (Å²) in [6.07, 6.45) is 1.14. The third-order valence-electron chi connectivity index (χ3n) is 5.36. The lowest BCUT2D eigenvalue weighted by atomic mass is 9.87. The number of ether oxygens (including phenoxy) is 1. The summed E-state index contributed by atoms with van der Waals surface area (Å²) in [7, 11) is 0. The van der Waals surface area contributed by atoms with E-state index in [4.69, 9.17) is 16.3 Å². The molecule has 0 unspecified atom stereocenters. The highest BCUT2D eigenvalue weighted by molar-refractivity contribution is 6.19. The van der Waals surface area contributed by atoms with E-state index in [1.165, 1.54) is 5.56 Å². The zero-order valence-corrected chi connectivity index (χ0v) is 19.2. The SMILES string of the molecule is CC(C)(CCl)C(=O)N1CCN(C(=O)CCCOc2ccc(C(C)(C)C)cc2)CC1. The normalized spacial score (nSPS) is 15.4. The standard InChI is InChI=1S/C23H35ClN2O3/c1-22(2,3)18-8-10-19(11-9-18)29-16-6-7-20(27)25-12-14-26(15-13-25)21(28)23(4,5)17-24/h8-11H,6-7,12-17H2,1-5H3. The van der Waals surface area contributed by atoms with E-state index in [0.717, 1.165) is 5.75 Å². The Morgan fingerprint density at radius 2 is 1.52 bits per heavy atom. The fourth-order valence-electron chi connectivity index (χ4n) is 3.27. The van der Waals surface area contributed by atoms with Crippen molar-refractivity contribution < 1.29 is 14.3 Å². The first kappa shape index (κ1) is 23.5. The smallest absolute Gasteiger partial charge is 0.229 e. The number of piperazine rings is 1. The van der Waals surface area contributed by atoms with Gasteiger partial charge in [-0.1, -0.05) is 32.9 Å². The van der Waals surface area contributed by atoms with E-state index in [2.05, 4.69) is 32.9 Å². The minimum atomic E-state index is -0.559. The van der Waals surface area contributed by atoms with Crippen LogP contribution in [-0.2, 0) is 15.0 Å². The molecule has 0 atom stereocenters. The summed E-state index contributed by atoms with van der Waals surface area (Å²) in [6, 6.07) is 8.15. The van der Waals surface area contributed by atoms with Crippen molar-refractivity contribution in [1.29, 1.82) is 0 Å². The largest absolute Gasteiger partial charge is 0.494 e. The second-order valence-electron chi connectivity index (χ2n) is 9.42. The van der Waals surface area contributed by atoms with Crippen molar-refractivity contribution in [1.82, 2.24) is 9.80 Å². The fraction of sp³-hybridized carbons (Fsp3) is 0.652. The maximum atomic E-state index is 12.5. The molecule has 0 aromatic heterocycles. The number of amides is 2. The summed E-state index contributed by atoms with van der Waals surface area (Å²) in [5.74, 6) is 1.31. The summed E-state index contributed by atoms with van der Waals surface area (Å²) >= 11 is 5.91. The van der Waals surface area contributed by atoms with E-state index in [1.54, 1.807) is 0 Å². The third-order valence-corrected chi connectivity index (χ3v) is 6.02. The second kappa shape index (κ2) is 9.84. The molecule has 1 aromatic carbocycles. The molecule has 1 aromatic rings. The minimum Gasteiger partial charge on any atom is -0.494 e. The van der Waals surface area contributed by atoms with E-state index in [9.17, 15) is 9.59 Å². The van der Waals surface area contributed by atoms with Crippen molar-refractivity contribution in [3.8, 4) is 5.75 Å². The Morgan fingerprint density at radius 3 is 2.03 bits per heavy atom. The number of rotatable bonds is 7. The molecular formula is C23H35ClN2O3. The molecule has 0 bridgehead atoms. The van der Waals surface area contributed by atoms with E-state index >= 15 is 0 Å². The van der Waals surface area contributed by atoms with Crippen molar-refractivity contribution in [2.45, 2.75) is 52.9 Å². The summed E-state index contributed by atoms with van der Waals surface area (Å²) in [4.78, 5) is 28.6. The highest BCUT2D eigenvalue weighted by Crippen LogP contribution is 2.24. The molecule has 162 valence electrons. The molecular weight excluding hydrogens is 388 g/mol. The zero-order chi connectivity index (χ0) is 21.7. The average molecular weight is 423 g/mol. The van der Waals surface area contributed by atoms with Crippen LogP contribution in [0.15, 0.2) is 24.3 Å². The van der Waals surface area contributed by atoms with Crippen LogP contribution in [0.2, 0.25) is 0 Å². The molecule has 0 saturated carbocycles. The van der Waals surface area contributed by atoms with Crippen molar-refractivity contribution in [3.05, 3.63) is 29.8 Å². The lowest BCUT2D eigenvalue weighted by Gasteiger charge is -2.38. The van der Waals surface area contributed by atoms with Crippen LogP contribution in [0.3, 0.4) is 0 Å². The van der Waals surface area contributed by atoms with Gasteiger partial charge in [0.05, 0.1) is 12.0 Å². The highest BCUT2D eigenvalue weighted by Gasteiger charge is 2.33. The number of carbonyl (C=O) groups excluding carboxylic acids is 2. The van der Waals surface area contributed by atoms with Crippen LogP contribution < -0.4 is 4.74 Å². The van der Waals surface area contributed by atoms with Crippen LogP contribution in [0.1, 0.15) is 53.0 Å². The van der Waals surface area contributed by atoms with Gasteiger partial charge in [-0.25, -0.2) is 0 Å². The lowest BCUT2D eigenvalue weighted by Crippen LogP contribution is -2.53. The molecule has 1 saturated heterocycles. The molecule has 1 aliphatic heterocycles. The van der Waals surface area contributed by atoms with Gasteiger partial charge in [0.1, 0.15) is 5.75 Å². The number of alkyl halides is 1. The molecule has 1 heterocycles. The first-order chi connectivity index (χ1) is 13.5. The van der Waals surface area contributed by atoms with E-state index in [1.807, 2.05) is 35.8 Å². The van der Waals surface area contributed by atoms with Gasteiger partial charge in [-0.3, -0.25) is 9.59 Å². The fourth-order valence-corrected chi connectivity index (χ4v) is 3.38. The van der Waals surface area contributed by atoms with Crippen LogP contribution in [0.25, 0.3) is 0 Å². The third kappa shape index (κ3) is 6.63. The Morgan fingerprint density at radius 1 is 0.966 bits per heavy atom. The molecule has 1 aliphatic rings. The Balaban J connectivity index is 1.69. The van der Waals surface area contributed by atoms with Gasteiger partial charge in [0.15, 0.2) is 0 Å². The maximum Gasteiger partial charge on any atom is 0.229 e. The Labute approximate surface area is 180 Å². The summed E-state index contributed by atoms with van der Waals surface area (Å²) in [5, 5.41) is 0. The van der Waals surface area contributed by atoms with Gasteiger partial charge >= 0.3 is 0 Å². The quantitative estimate of drug-likeness (QED) is 0.491. The molecule has 0 aliphatic carbocycles. The molecule has 2 rings (SSSR count). The van der Waals surface area contributed by atoms with Crippen molar-refractivity contribution >= 4 is 23.4 Å². The van der Waals surface area contributed by atoms with Gasteiger partial charge < -0.3 is 14.5 Å². The van der Waals surface area contributed by atoms with E-state index in [0.29, 0.717) is 51.5 Å². The van der Waals surface area contributed by atoms with Crippen LogP contribution in [0.4, 0.5) is 0 Å². The molecule has 0 spiro atoms. The molecule has 0 N–H and O–H groups in total. The lowest BCUT2D eigenvalue weighted by molar-refractivity contribution is -0.144. The summed E-state index contributed by atoms with van der Waals surface area (Å²) in [5.41, 5.74) is 0.835. The zero-order valence-electron chi connectivity index (χ0n) is 18.5. The van der Waals surface area contributed by atoms with E-state index < -0.39 is 5.41 Å². The Kier molecular flexibility index (Phi) is 7.98. The monoisotopic (exact) mass is 422 g/mol. The predicted molar refractivity (Wildman–Crippen MR) is 118 cm³/mol. The first-order valence-corrected chi connectivity index (χ1v) is 10.9.